The second kappa shape index (κ2) is 10.6. The smallest absolute Gasteiger partial charge is 0.167 e. The topological polar surface area (TPSA) is 29.5 Å². The van der Waals surface area contributed by atoms with Gasteiger partial charge in [0.05, 0.1) is 13.2 Å². The van der Waals surface area contributed by atoms with Gasteiger partial charge in [0.2, 0.25) is 0 Å². The number of aliphatic hydroxyl groups is 1. The molecule has 0 radical (unpaired) electrons. The lowest BCUT2D eigenvalue weighted by Gasteiger charge is -2.11. The van der Waals surface area contributed by atoms with E-state index in [0.29, 0.717) is 36.1 Å². The van der Waals surface area contributed by atoms with Gasteiger partial charge in [-0.2, -0.15) is 0 Å². The summed E-state index contributed by atoms with van der Waals surface area (Å²) >= 11 is 0. The molecule has 0 spiro atoms. The highest BCUT2D eigenvalue weighted by molar-refractivity contribution is 5.72. The Morgan fingerprint density at radius 1 is 0.647 bits per heavy atom. The third-order valence-electron chi connectivity index (χ3n) is 5.79. The van der Waals surface area contributed by atoms with Crippen molar-refractivity contribution in [1.82, 2.24) is 0 Å². The van der Waals surface area contributed by atoms with Gasteiger partial charge in [-0.1, -0.05) is 66.7 Å². The molecule has 5 heteroatoms. The molecule has 0 unspecified atom stereocenters. The summed E-state index contributed by atoms with van der Waals surface area (Å²) in [6.07, 6.45) is 1.34. The molecular weight excluding hydrogens is 437 g/mol. The molecule has 0 saturated carbocycles. The van der Waals surface area contributed by atoms with Crippen LogP contribution in [0.4, 0.5) is 13.2 Å². The van der Waals surface area contributed by atoms with Crippen LogP contribution in [-0.4, -0.2) is 11.7 Å². The summed E-state index contributed by atoms with van der Waals surface area (Å²) in [5.74, 6) is -1.93. The minimum absolute atomic E-state index is 0.108. The van der Waals surface area contributed by atoms with Crippen molar-refractivity contribution >= 4 is 0 Å². The second-order valence-corrected chi connectivity index (χ2v) is 8.04. The second-order valence-electron chi connectivity index (χ2n) is 8.04. The number of hydrogen-bond acceptors (Lipinski definition) is 2. The van der Waals surface area contributed by atoms with E-state index in [-0.39, 0.29) is 29.3 Å². The van der Waals surface area contributed by atoms with E-state index in [4.69, 9.17) is 9.84 Å². The summed E-state index contributed by atoms with van der Waals surface area (Å²) < 4.78 is 49.0. The molecule has 1 N–H and O–H groups in total. The largest absolute Gasteiger partial charge is 0.491 e. The molecule has 0 aliphatic heterocycles. The van der Waals surface area contributed by atoms with E-state index in [1.54, 1.807) is 54.6 Å². The molecule has 4 rings (SSSR count). The summed E-state index contributed by atoms with van der Waals surface area (Å²) in [4.78, 5) is 0. The monoisotopic (exact) mass is 462 g/mol. The average molecular weight is 463 g/mol. The Labute approximate surface area is 197 Å². The van der Waals surface area contributed by atoms with E-state index < -0.39 is 11.6 Å². The third kappa shape index (κ3) is 5.15. The molecule has 174 valence electrons. The minimum Gasteiger partial charge on any atom is -0.491 e. The van der Waals surface area contributed by atoms with Crippen LogP contribution in [0.1, 0.15) is 23.6 Å². The molecule has 0 aliphatic rings. The van der Waals surface area contributed by atoms with E-state index in [1.165, 1.54) is 6.07 Å². The molecule has 0 atom stereocenters. The summed E-state index contributed by atoms with van der Waals surface area (Å²) in [6, 6.07) is 22.1. The van der Waals surface area contributed by atoms with Crippen molar-refractivity contribution in [2.24, 2.45) is 0 Å². The highest BCUT2D eigenvalue weighted by atomic mass is 19.2. The van der Waals surface area contributed by atoms with Crippen molar-refractivity contribution < 1.29 is 23.0 Å². The molecule has 0 fully saturated rings. The summed E-state index contributed by atoms with van der Waals surface area (Å²) in [5, 5.41) is 9.16. The van der Waals surface area contributed by atoms with Gasteiger partial charge in [-0.05, 0) is 59.7 Å². The van der Waals surface area contributed by atoms with E-state index in [2.05, 4.69) is 0 Å². The minimum atomic E-state index is -0.907. The van der Waals surface area contributed by atoms with Crippen LogP contribution in [0.25, 0.3) is 22.3 Å². The fourth-order valence-electron chi connectivity index (χ4n) is 3.90. The number of halogens is 3. The Kier molecular flexibility index (Phi) is 7.33. The predicted octanol–water partition coefficient (Wildman–Crippen LogP) is 7.11. The van der Waals surface area contributed by atoms with Gasteiger partial charge in [0, 0.05) is 11.1 Å². The van der Waals surface area contributed by atoms with Crippen molar-refractivity contribution in [3.05, 3.63) is 113 Å². The van der Waals surface area contributed by atoms with Crippen LogP contribution in [0.5, 0.6) is 5.75 Å². The molecule has 0 saturated heterocycles. The third-order valence-corrected chi connectivity index (χ3v) is 5.79. The van der Waals surface area contributed by atoms with Gasteiger partial charge in [-0.15, -0.1) is 0 Å². The number of hydrogen-bond donors (Lipinski definition) is 1. The SMILES string of the molecule is CCOc1ccc(CCc2ccc(-c3ccc(-c4ccc(CO)cc4)c(F)c3F)cc2)cc1F. The fraction of sp³-hybridized carbons (Fsp3) is 0.172. The number of aliphatic hydroxyl groups excluding tert-OH is 1. The van der Waals surface area contributed by atoms with Crippen LogP contribution >= 0.6 is 0 Å². The Morgan fingerprint density at radius 2 is 1.15 bits per heavy atom. The van der Waals surface area contributed by atoms with Crippen LogP contribution in [0.2, 0.25) is 0 Å². The maximum Gasteiger partial charge on any atom is 0.167 e. The van der Waals surface area contributed by atoms with E-state index in [1.807, 2.05) is 25.1 Å². The molecule has 34 heavy (non-hydrogen) atoms. The van der Waals surface area contributed by atoms with E-state index in [9.17, 15) is 13.2 Å². The van der Waals surface area contributed by atoms with Gasteiger partial charge in [0.1, 0.15) is 0 Å². The maximum absolute atomic E-state index is 14.9. The lowest BCUT2D eigenvalue weighted by atomic mass is 9.96. The molecule has 2 nitrogen and oxygen atoms in total. The van der Waals surface area contributed by atoms with Crippen LogP contribution < -0.4 is 4.74 Å². The Morgan fingerprint density at radius 3 is 1.65 bits per heavy atom. The lowest BCUT2D eigenvalue weighted by molar-refractivity contribution is 0.282. The zero-order chi connectivity index (χ0) is 24.1. The van der Waals surface area contributed by atoms with Crippen LogP contribution in [0, 0.1) is 17.5 Å². The van der Waals surface area contributed by atoms with Crippen molar-refractivity contribution in [3.63, 3.8) is 0 Å². The first kappa shape index (κ1) is 23.6. The molecular formula is C29H25F3O2. The zero-order valence-corrected chi connectivity index (χ0v) is 18.8. The van der Waals surface area contributed by atoms with Gasteiger partial charge >= 0.3 is 0 Å². The molecule has 4 aromatic carbocycles. The van der Waals surface area contributed by atoms with Gasteiger partial charge in [0.15, 0.2) is 23.2 Å². The summed E-state index contributed by atoms with van der Waals surface area (Å²) in [5.41, 5.74) is 4.06. The van der Waals surface area contributed by atoms with E-state index >= 15 is 0 Å². The number of aryl methyl sites for hydroxylation is 2. The zero-order valence-electron chi connectivity index (χ0n) is 18.8. The molecule has 4 aromatic rings. The highest BCUT2D eigenvalue weighted by Crippen LogP contribution is 2.32. The van der Waals surface area contributed by atoms with Gasteiger partial charge in [-0.3, -0.25) is 0 Å². The lowest BCUT2D eigenvalue weighted by Crippen LogP contribution is -1.97. The number of ether oxygens (including phenoxy) is 1. The molecule has 0 aromatic heterocycles. The standard InChI is InChI=1S/C29H25F3O2/c1-2-34-27-16-9-20(17-26(27)30)4-3-19-5-10-22(11-6-19)24-14-15-25(29(32)28(24)31)23-12-7-21(18-33)8-13-23/h5-17,33H,2-4,18H2,1H3. The summed E-state index contributed by atoms with van der Waals surface area (Å²) in [6.45, 7) is 2.11. The van der Waals surface area contributed by atoms with Crippen LogP contribution in [0.3, 0.4) is 0 Å². The normalized spacial score (nSPS) is 11.0. The first-order chi connectivity index (χ1) is 16.5. The molecule has 0 bridgehead atoms. The van der Waals surface area contributed by atoms with Gasteiger partial charge in [-0.25, -0.2) is 13.2 Å². The van der Waals surface area contributed by atoms with Crippen molar-refractivity contribution in [1.29, 1.82) is 0 Å². The first-order valence-corrected chi connectivity index (χ1v) is 11.2. The molecule has 0 aliphatic carbocycles. The van der Waals surface area contributed by atoms with Gasteiger partial charge < -0.3 is 9.84 Å². The van der Waals surface area contributed by atoms with Crippen molar-refractivity contribution in [2.75, 3.05) is 6.61 Å². The van der Waals surface area contributed by atoms with Crippen molar-refractivity contribution in [2.45, 2.75) is 26.4 Å². The highest BCUT2D eigenvalue weighted by Gasteiger charge is 2.16. The Hall–Kier alpha value is -3.57. The fourth-order valence-corrected chi connectivity index (χ4v) is 3.90. The molecule has 0 heterocycles. The predicted molar refractivity (Wildman–Crippen MR) is 128 cm³/mol. The van der Waals surface area contributed by atoms with Gasteiger partial charge in [0.25, 0.3) is 0 Å². The van der Waals surface area contributed by atoms with Crippen LogP contribution in [0.15, 0.2) is 78.9 Å². The number of rotatable bonds is 8. The summed E-state index contributed by atoms with van der Waals surface area (Å²) in [7, 11) is 0. The quantitative estimate of drug-likeness (QED) is 0.302. The van der Waals surface area contributed by atoms with E-state index in [0.717, 1.165) is 11.1 Å². The maximum atomic E-state index is 14.9. The Bertz CT molecular complexity index is 1270. The number of benzene rings is 4. The molecule has 0 amide bonds. The van der Waals surface area contributed by atoms with Crippen LogP contribution in [-0.2, 0) is 19.4 Å². The first-order valence-electron chi connectivity index (χ1n) is 11.2. The Balaban J connectivity index is 1.48. The average Bonchev–Trinajstić information content (AvgIpc) is 2.86. The van der Waals surface area contributed by atoms with Crippen molar-refractivity contribution in [3.8, 4) is 28.0 Å².